The number of nitrogens with zero attached hydrogens (tertiary/aromatic N) is 2. The van der Waals surface area contributed by atoms with E-state index >= 15 is 0 Å². The van der Waals surface area contributed by atoms with Crippen molar-refractivity contribution in [1.29, 1.82) is 0 Å². The van der Waals surface area contributed by atoms with Gasteiger partial charge in [-0.3, -0.25) is 4.79 Å². The van der Waals surface area contributed by atoms with Gasteiger partial charge < -0.3 is 8.98 Å². The van der Waals surface area contributed by atoms with Gasteiger partial charge in [0.2, 0.25) is 0 Å². The average molecular weight is 254 g/mol. The van der Waals surface area contributed by atoms with E-state index in [-0.39, 0.29) is 5.78 Å². The van der Waals surface area contributed by atoms with Gasteiger partial charge in [-0.2, -0.15) is 0 Å². The van der Waals surface area contributed by atoms with Gasteiger partial charge >= 0.3 is 0 Å². The van der Waals surface area contributed by atoms with Crippen molar-refractivity contribution in [2.75, 3.05) is 0 Å². The fourth-order valence-electron chi connectivity index (χ4n) is 2.14. The molecule has 2 aromatic heterocycles. The Bertz CT molecular complexity index is 691. The number of benzene rings is 1. The number of imidazole rings is 1. The lowest BCUT2D eigenvalue weighted by atomic mass is 10.2. The fourth-order valence-corrected chi connectivity index (χ4v) is 2.14. The minimum atomic E-state index is -0.172. The predicted molar refractivity (Wildman–Crippen MR) is 72.2 cm³/mol. The molecule has 0 spiro atoms. The first-order valence-electron chi connectivity index (χ1n) is 6.34. The zero-order chi connectivity index (χ0) is 13.2. The monoisotopic (exact) mass is 254 g/mol. The molecule has 0 aliphatic heterocycles. The maximum absolute atomic E-state index is 12.4. The Balaban J connectivity index is 2.01. The normalized spacial score (nSPS) is 11.0. The summed E-state index contributed by atoms with van der Waals surface area (Å²) in [5.41, 5.74) is 0.722. The van der Waals surface area contributed by atoms with Crippen LogP contribution in [0.2, 0.25) is 0 Å². The van der Waals surface area contributed by atoms with Crippen LogP contribution in [0.25, 0.3) is 11.0 Å². The topological polar surface area (TPSA) is 48.0 Å². The van der Waals surface area contributed by atoms with E-state index in [1.807, 2.05) is 35.0 Å². The van der Waals surface area contributed by atoms with Crippen molar-refractivity contribution in [2.45, 2.75) is 19.9 Å². The van der Waals surface area contributed by atoms with Crippen molar-refractivity contribution < 1.29 is 9.21 Å². The lowest BCUT2D eigenvalue weighted by molar-refractivity contribution is 0.0997. The molecule has 0 saturated carbocycles. The molecule has 4 nitrogen and oxygen atoms in total. The van der Waals surface area contributed by atoms with Crippen LogP contribution < -0.4 is 0 Å². The van der Waals surface area contributed by atoms with Crippen LogP contribution in [-0.2, 0) is 6.54 Å². The molecule has 3 aromatic rings. The number of aryl methyl sites for hydroxylation is 1. The van der Waals surface area contributed by atoms with Gasteiger partial charge in [-0.25, -0.2) is 4.98 Å². The van der Waals surface area contributed by atoms with E-state index in [1.54, 1.807) is 12.3 Å². The zero-order valence-electron chi connectivity index (χ0n) is 10.7. The van der Waals surface area contributed by atoms with Gasteiger partial charge in [-0.05, 0) is 18.6 Å². The van der Waals surface area contributed by atoms with Crippen LogP contribution in [0.15, 0.2) is 47.1 Å². The summed E-state index contributed by atoms with van der Waals surface area (Å²) in [6.45, 7) is 2.84. The number of hydrogen-bond acceptors (Lipinski definition) is 3. The second-order valence-electron chi connectivity index (χ2n) is 4.42. The molecule has 0 atom stereocenters. The van der Waals surface area contributed by atoms with Crippen molar-refractivity contribution in [2.24, 2.45) is 0 Å². The number of aromatic nitrogens is 2. The molecule has 2 heterocycles. The van der Waals surface area contributed by atoms with Crippen molar-refractivity contribution in [3.8, 4) is 0 Å². The van der Waals surface area contributed by atoms with E-state index in [4.69, 9.17) is 4.42 Å². The highest BCUT2D eigenvalue weighted by atomic mass is 16.3. The zero-order valence-corrected chi connectivity index (χ0v) is 10.7. The number of furan rings is 1. The molecule has 3 rings (SSSR count). The molecule has 0 N–H and O–H groups in total. The fraction of sp³-hybridized carbons (Fsp3) is 0.200. The van der Waals surface area contributed by atoms with Gasteiger partial charge in [-0.1, -0.05) is 25.1 Å². The predicted octanol–water partition coefficient (Wildman–Crippen LogP) is 3.27. The molecule has 0 amide bonds. The van der Waals surface area contributed by atoms with E-state index in [1.165, 1.54) is 0 Å². The number of carbonyl (C=O) groups is 1. The molecule has 4 heteroatoms. The van der Waals surface area contributed by atoms with Crippen molar-refractivity contribution in [3.05, 3.63) is 54.3 Å². The molecule has 19 heavy (non-hydrogen) atoms. The molecule has 0 aliphatic carbocycles. The number of hydrogen-bond donors (Lipinski definition) is 0. The summed E-state index contributed by atoms with van der Waals surface area (Å²) in [4.78, 5) is 16.5. The van der Waals surface area contributed by atoms with Gasteiger partial charge in [0.15, 0.2) is 11.6 Å². The molecule has 0 saturated heterocycles. The number of fused-ring (bicyclic) bond motifs is 1. The third-order valence-corrected chi connectivity index (χ3v) is 3.03. The van der Waals surface area contributed by atoms with Gasteiger partial charge in [0.1, 0.15) is 5.58 Å². The van der Waals surface area contributed by atoms with Gasteiger partial charge in [0, 0.05) is 24.3 Å². The first-order valence-corrected chi connectivity index (χ1v) is 6.34. The van der Waals surface area contributed by atoms with E-state index in [0.717, 1.165) is 23.9 Å². The summed E-state index contributed by atoms with van der Waals surface area (Å²) in [6.07, 6.45) is 4.42. The molecule has 0 aliphatic rings. The van der Waals surface area contributed by atoms with Crippen molar-refractivity contribution in [3.63, 3.8) is 0 Å². The minimum absolute atomic E-state index is 0.172. The third kappa shape index (κ3) is 2.05. The highest BCUT2D eigenvalue weighted by Crippen LogP contribution is 2.20. The Kier molecular flexibility index (Phi) is 2.91. The Hall–Kier alpha value is -2.36. The third-order valence-electron chi connectivity index (χ3n) is 3.03. The summed E-state index contributed by atoms with van der Waals surface area (Å²) in [6, 6.07) is 9.35. The number of para-hydroxylation sites is 1. The average Bonchev–Trinajstić information content (AvgIpc) is 3.04. The lowest BCUT2D eigenvalue weighted by Gasteiger charge is -2.03. The molecule has 1 aromatic carbocycles. The van der Waals surface area contributed by atoms with Crippen LogP contribution >= 0.6 is 0 Å². The Morgan fingerprint density at radius 2 is 2.21 bits per heavy atom. The Labute approximate surface area is 110 Å². The lowest BCUT2D eigenvalue weighted by Crippen LogP contribution is -2.10. The SMILES string of the molecule is CCCn1ccnc1C(=O)c1cc2ccccc2o1. The van der Waals surface area contributed by atoms with Crippen LogP contribution in [-0.4, -0.2) is 15.3 Å². The number of carbonyl (C=O) groups excluding carboxylic acids is 1. The summed E-state index contributed by atoms with van der Waals surface area (Å²) in [5.74, 6) is 0.598. The van der Waals surface area contributed by atoms with Crippen molar-refractivity contribution >= 4 is 16.8 Å². The van der Waals surface area contributed by atoms with Gasteiger partial charge in [0.05, 0.1) is 0 Å². The molecular weight excluding hydrogens is 240 g/mol. The maximum atomic E-state index is 12.4. The Morgan fingerprint density at radius 3 is 3.00 bits per heavy atom. The maximum Gasteiger partial charge on any atom is 0.263 e. The summed E-state index contributed by atoms with van der Waals surface area (Å²) < 4.78 is 7.44. The van der Waals surface area contributed by atoms with Gasteiger partial charge in [0.25, 0.3) is 5.78 Å². The molecular formula is C15H14N2O2. The molecule has 0 bridgehead atoms. The van der Waals surface area contributed by atoms with Crippen LogP contribution in [0.4, 0.5) is 0 Å². The van der Waals surface area contributed by atoms with Crippen LogP contribution in [0, 0.1) is 0 Å². The van der Waals surface area contributed by atoms with Crippen LogP contribution in [0.1, 0.15) is 29.7 Å². The smallest absolute Gasteiger partial charge is 0.263 e. The molecule has 0 fully saturated rings. The van der Waals surface area contributed by atoms with E-state index in [9.17, 15) is 4.79 Å². The van der Waals surface area contributed by atoms with E-state index < -0.39 is 0 Å². The second kappa shape index (κ2) is 4.72. The largest absolute Gasteiger partial charge is 0.452 e. The van der Waals surface area contributed by atoms with Crippen molar-refractivity contribution in [1.82, 2.24) is 9.55 Å². The second-order valence-corrected chi connectivity index (χ2v) is 4.42. The quantitative estimate of drug-likeness (QED) is 0.671. The van der Waals surface area contributed by atoms with Gasteiger partial charge in [-0.15, -0.1) is 0 Å². The van der Waals surface area contributed by atoms with Crippen LogP contribution in [0.5, 0.6) is 0 Å². The summed E-state index contributed by atoms with van der Waals surface area (Å²) >= 11 is 0. The number of rotatable bonds is 4. The first kappa shape index (κ1) is 11.7. The van der Waals surface area contributed by atoms with E-state index in [2.05, 4.69) is 11.9 Å². The highest BCUT2D eigenvalue weighted by Gasteiger charge is 2.19. The highest BCUT2D eigenvalue weighted by molar-refractivity contribution is 6.06. The minimum Gasteiger partial charge on any atom is -0.452 e. The molecule has 0 radical (unpaired) electrons. The summed E-state index contributed by atoms with van der Waals surface area (Å²) in [5, 5.41) is 0.930. The van der Waals surface area contributed by atoms with Crippen LogP contribution in [0.3, 0.4) is 0 Å². The standard InChI is InChI=1S/C15H14N2O2/c1-2-8-17-9-7-16-15(17)14(18)13-10-11-5-3-4-6-12(11)19-13/h3-7,9-10H,2,8H2,1H3. The van der Waals surface area contributed by atoms with E-state index in [0.29, 0.717) is 11.6 Å². The number of ketones is 1. The molecule has 0 unspecified atom stereocenters. The molecule has 96 valence electrons. The summed E-state index contributed by atoms with van der Waals surface area (Å²) in [7, 11) is 0. The first-order chi connectivity index (χ1) is 9.29. The Morgan fingerprint density at radius 1 is 1.37 bits per heavy atom.